The number of hydrogen-bond acceptors (Lipinski definition) is 4. The van der Waals surface area contributed by atoms with E-state index in [-0.39, 0.29) is 5.69 Å². The molecule has 0 fully saturated rings. The SMILES string of the molecule is CCN(CC)CCOc1ccc(C)nc1C(=O)O. The van der Waals surface area contributed by atoms with Crippen molar-refractivity contribution in [3.63, 3.8) is 0 Å². The number of carboxylic acids is 1. The smallest absolute Gasteiger partial charge is 0.358 e. The van der Waals surface area contributed by atoms with E-state index < -0.39 is 5.97 Å². The van der Waals surface area contributed by atoms with Gasteiger partial charge in [0.05, 0.1) is 0 Å². The van der Waals surface area contributed by atoms with Crippen LogP contribution >= 0.6 is 0 Å². The number of carbonyl (C=O) groups is 1. The second-order valence-electron chi connectivity index (χ2n) is 3.98. The van der Waals surface area contributed by atoms with Gasteiger partial charge in [0, 0.05) is 12.2 Å². The first-order valence-corrected chi connectivity index (χ1v) is 6.14. The van der Waals surface area contributed by atoms with Gasteiger partial charge in [0.2, 0.25) is 0 Å². The number of aryl methyl sites for hydroxylation is 1. The summed E-state index contributed by atoms with van der Waals surface area (Å²) in [5.74, 6) is -0.725. The molecular formula is C13H20N2O3. The molecule has 0 aliphatic rings. The molecule has 0 aromatic carbocycles. The molecule has 0 radical (unpaired) electrons. The number of pyridine rings is 1. The van der Waals surface area contributed by atoms with E-state index in [4.69, 9.17) is 9.84 Å². The molecule has 0 aliphatic carbocycles. The van der Waals surface area contributed by atoms with Gasteiger partial charge in [-0.25, -0.2) is 9.78 Å². The molecule has 1 N–H and O–H groups in total. The van der Waals surface area contributed by atoms with Crippen molar-refractivity contribution >= 4 is 5.97 Å². The maximum absolute atomic E-state index is 11.0. The fraction of sp³-hybridized carbons (Fsp3) is 0.538. The number of aromatic nitrogens is 1. The number of rotatable bonds is 7. The third kappa shape index (κ3) is 4.00. The zero-order valence-electron chi connectivity index (χ0n) is 11.1. The van der Waals surface area contributed by atoms with Crippen LogP contribution in [0.3, 0.4) is 0 Å². The molecule has 1 aromatic rings. The first-order chi connectivity index (χ1) is 8.58. The fourth-order valence-electron chi connectivity index (χ4n) is 1.64. The van der Waals surface area contributed by atoms with Crippen molar-refractivity contribution in [2.45, 2.75) is 20.8 Å². The lowest BCUT2D eigenvalue weighted by molar-refractivity contribution is 0.0684. The summed E-state index contributed by atoms with van der Waals surface area (Å²) in [6.07, 6.45) is 0. The van der Waals surface area contributed by atoms with Crippen LogP contribution in [0.1, 0.15) is 30.0 Å². The highest BCUT2D eigenvalue weighted by atomic mass is 16.5. The molecule has 0 saturated carbocycles. The fourth-order valence-corrected chi connectivity index (χ4v) is 1.64. The van der Waals surface area contributed by atoms with Crippen LogP contribution in [0.25, 0.3) is 0 Å². The van der Waals surface area contributed by atoms with Crippen LogP contribution in [-0.2, 0) is 0 Å². The number of carboxylic acid groups (broad SMARTS) is 1. The summed E-state index contributed by atoms with van der Waals surface area (Å²) in [5.41, 5.74) is 0.651. The van der Waals surface area contributed by atoms with Gasteiger partial charge < -0.3 is 14.7 Å². The van der Waals surface area contributed by atoms with Gasteiger partial charge in [-0.1, -0.05) is 13.8 Å². The molecule has 0 unspecified atom stereocenters. The molecule has 100 valence electrons. The molecule has 1 rings (SSSR count). The van der Waals surface area contributed by atoms with Crippen molar-refractivity contribution in [1.29, 1.82) is 0 Å². The second kappa shape index (κ2) is 6.96. The van der Waals surface area contributed by atoms with E-state index >= 15 is 0 Å². The number of likely N-dealkylation sites (N-methyl/N-ethyl adjacent to an activating group) is 1. The highest BCUT2D eigenvalue weighted by molar-refractivity contribution is 5.88. The Morgan fingerprint density at radius 2 is 2.06 bits per heavy atom. The van der Waals surface area contributed by atoms with Crippen LogP contribution in [0.15, 0.2) is 12.1 Å². The minimum absolute atomic E-state index is 0.0189. The van der Waals surface area contributed by atoms with E-state index in [0.717, 1.165) is 19.6 Å². The van der Waals surface area contributed by atoms with Crippen LogP contribution in [0.4, 0.5) is 0 Å². The highest BCUT2D eigenvalue weighted by Crippen LogP contribution is 2.16. The zero-order chi connectivity index (χ0) is 13.5. The maximum Gasteiger partial charge on any atom is 0.358 e. The molecule has 0 spiro atoms. The van der Waals surface area contributed by atoms with Crippen molar-refractivity contribution in [3.05, 3.63) is 23.5 Å². The molecule has 18 heavy (non-hydrogen) atoms. The van der Waals surface area contributed by atoms with Crippen LogP contribution < -0.4 is 4.74 Å². The van der Waals surface area contributed by atoms with Gasteiger partial charge in [-0.05, 0) is 32.1 Å². The van der Waals surface area contributed by atoms with Gasteiger partial charge in [-0.15, -0.1) is 0 Å². The summed E-state index contributed by atoms with van der Waals surface area (Å²) in [6, 6.07) is 3.41. The minimum atomic E-state index is -1.06. The van der Waals surface area contributed by atoms with Gasteiger partial charge >= 0.3 is 5.97 Å². The van der Waals surface area contributed by atoms with E-state index in [0.29, 0.717) is 18.1 Å². The van der Waals surface area contributed by atoms with Crippen molar-refractivity contribution in [2.75, 3.05) is 26.2 Å². The van der Waals surface area contributed by atoms with Crippen LogP contribution in [0.5, 0.6) is 5.75 Å². The molecule has 0 amide bonds. The summed E-state index contributed by atoms with van der Waals surface area (Å²) in [7, 11) is 0. The number of aromatic carboxylic acids is 1. The molecule has 1 aromatic heterocycles. The van der Waals surface area contributed by atoms with E-state index in [1.54, 1.807) is 19.1 Å². The largest absolute Gasteiger partial charge is 0.490 e. The van der Waals surface area contributed by atoms with E-state index in [1.165, 1.54) is 0 Å². The highest BCUT2D eigenvalue weighted by Gasteiger charge is 2.13. The van der Waals surface area contributed by atoms with Crippen molar-refractivity contribution in [1.82, 2.24) is 9.88 Å². The van der Waals surface area contributed by atoms with Crippen LogP contribution in [-0.4, -0.2) is 47.2 Å². The van der Waals surface area contributed by atoms with E-state index in [2.05, 4.69) is 23.7 Å². The average Bonchev–Trinajstić information content (AvgIpc) is 2.36. The molecule has 0 saturated heterocycles. The Morgan fingerprint density at radius 3 is 2.61 bits per heavy atom. The Morgan fingerprint density at radius 1 is 1.39 bits per heavy atom. The molecule has 5 nitrogen and oxygen atoms in total. The predicted octanol–water partition coefficient (Wildman–Crippen LogP) is 1.81. The predicted molar refractivity (Wildman–Crippen MR) is 69.2 cm³/mol. The third-order valence-electron chi connectivity index (χ3n) is 2.76. The minimum Gasteiger partial charge on any atom is -0.490 e. The van der Waals surface area contributed by atoms with Crippen LogP contribution in [0.2, 0.25) is 0 Å². The Kier molecular flexibility index (Phi) is 5.58. The second-order valence-corrected chi connectivity index (χ2v) is 3.98. The van der Waals surface area contributed by atoms with E-state index in [1.807, 2.05) is 0 Å². The Bertz CT molecular complexity index is 403. The Balaban J connectivity index is 2.64. The van der Waals surface area contributed by atoms with Gasteiger partial charge in [0.15, 0.2) is 11.4 Å². The normalized spacial score (nSPS) is 10.7. The quantitative estimate of drug-likeness (QED) is 0.801. The standard InChI is InChI=1S/C13H20N2O3/c1-4-15(5-2)8-9-18-11-7-6-10(3)14-12(11)13(16)17/h6-7H,4-5,8-9H2,1-3H3,(H,16,17). The van der Waals surface area contributed by atoms with Gasteiger partial charge in [-0.3, -0.25) is 0 Å². The number of nitrogens with zero attached hydrogens (tertiary/aromatic N) is 2. The van der Waals surface area contributed by atoms with Crippen LogP contribution in [0, 0.1) is 6.92 Å². The topological polar surface area (TPSA) is 62.7 Å². The van der Waals surface area contributed by atoms with E-state index in [9.17, 15) is 4.79 Å². The Hall–Kier alpha value is -1.62. The molecule has 5 heteroatoms. The van der Waals surface area contributed by atoms with Crippen molar-refractivity contribution in [2.24, 2.45) is 0 Å². The monoisotopic (exact) mass is 252 g/mol. The summed E-state index contributed by atoms with van der Waals surface area (Å²) in [6.45, 7) is 9.08. The third-order valence-corrected chi connectivity index (χ3v) is 2.76. The number of hydrogen-bond donors (Lipinski definition) is 1. The molecular weight excluding hydrogens is 232 g/mol. The number of ether oxygens (including phenoxy) is 1. The zero-order valence-corrected chi connectivity index (χ0v) is 11.1. The molecule has 0 aliphatic heterocycles. The lowest BCUT2D eigenvalue weighted by Gasteiger charge is -2.18. The Labute approximate surface area is 107 Å². The lowest BCUT2D eigenvalue weighted by Crippen LogP contribution is -2.28. The summed E-state index contributed by atoms with van der Waals surface area (Å²) in [4.78, 5) is 17.2. The summed E-state index contributed by atoms with van der Waals surface area (Å²) < 4.78 is 5.50. The molecule has 1 heterocycles. The maximum atomic E-state index is 11.0. The van der Waals surface area contributed by atoms with Crippen molar-refractivity contribution in [3.8, 4) is 5.75 Å². The first-order valence-electron chi connectivity index (χ1n) is 6.14. The van der Waals surface area contributed by atoms with Gasteiger partial charge in [0.1, 0.15) is 6.61 Å². The van der Waals surface area contributed by atoms with Gasteiger partial charge in [-0.2, -0.15) is 0 Å². The average molecular weight is 252 g/mol. The van der Waals surface area contributed by atoms with Gasteiger partial charge in [0.25, 0.3) is 0 Å². The summed E-state index contributed by atoms with van der Waals surface area (Å²) >= 11 is 0. The molecule has 0 atom stereocenters. The summed E-state index contributed by atoms with van der Waals surface area (Å²) in [5, 5.41) is 9.04. The van der Waals surface area contributed by atoms with Crippen molar-refractivity contribution < 1.29 is 14.6 Å². The lowest BCUT2D eigenvalue weighted by atomic mass is 10.3. The molecule has 0 bridgehead atoms. The first kappa shape index (κ1) is 14.4.